The van der Waals surface area contributed by atoms with Gasteiger partial charge in [-0.15, -0.1) is 0 Å². The molecule has 0 unspecified atom stereocenters. The molecule has 154 valence electrons. The zero-order valence-electron chi connectivity index (χ0n) is 16.0. The number of guanidine groups is 1. The van der Waals surface area contributed by atoms with Gasteiger partial charge >= 0.3 is 6.61 Å². The predicted molar refractivity (Wildman–Crippen MR) is 103 cm³/mol. The van der Waals surface area contributed by atoms with Crippen molar-refractivity contribution in [1.29, 1.82) is 0 Å². The van der Waals surface area contributed by atoms with Crippen LogP contribution in [0.15, 0.2) is 27.7 Å². The van der Waals surface area contributed by atoms with Crippen molar-refractivity contribution in [1.82, 2.24) is 20.8 Å². The van der Waals surface area contributed by atoms with Crippen molar-refractivity contribution in [3.05, 3.63) is 40.5 Å². The van der Waals surface area contributed by atoms with Gasteiger partial charge in [-0.3, -0.25) is 0 Å². The number of benzene rings is 1. The average Bonchev–Trinajstić information content (AvgIpc) is 3.10. The fourth-order valence-corrected chi connectivity index (χ4v) is 2.48. The first kappa shape index (κ1) is 21.9. The second kappa shape index (κ2) is 10.8. The van der Waals surface area contributed by atoms with Crippen LogP contribution in [0.3, 0.4) is 0 Å². The van der Waals surface area contributed by atoms with Crippen LogP contribution in [0.25, 0.3) is 0 Å². The number of hydrogen-bond acceptors (Lipinski definition) is 5. The van der Waals surface area contributed by atoms with Crippen molar-refractivity contribution < 1.29 is 18.0 Å². The van der Waals surface area contributed by atoms with Crippen LogP contribution in [0.5, 0.6) is 5.75 Å². The highest BCUT2D eigenvalue weighted by atomic mass is 35.5. The Hall–Kier alpha value is -2.42. The Morgan fingerprint density at radius 1 is 1.32 bits per heavy atom. The maximum atomic E-state index is 12.6. The van der Waals surface area contributed by atoms with E-state index in [2.05, 4.69) is 30.5 Å². The zero-order chi connectivity index (χ0) is 20.5. The van der Waals surface area contributed by atoms with E-state index in [1.165, 1.54) is 12.1 Å². The van der Waals surface area contributed by atoms with E-state index in [0.717, 1.165) is 0 Å². The van der Waals surface area contributed by atoms with E-state index in [4.69, 9.17) is 16.1 Å². The van der Waals surface area contributed by atoms with E-state index in [9.17, 15) is 8.78 Å². The van der Waals surface area contributed by atoms with Gasteiger partial charge in [-0.2, -0.15) is 13.8 Å². The lowest BCUT2D eigenvalue weighted by molar-refractivity contribution is -0.0504. The molecule has 7 nitrogen and oxygen atoms in total. The molecular formula is C18H24ClF2N5O2. The second-order valence-corrected chi connectivity index (χ2v) is 6.64. The number of nitrogens with one attached hydrogen (secondary N) is 2. The van der Waals surface area contributed by atoms with E-state index in [-0.39, 0.29) is 18.2 Å². The van der Waals surface area contributed by atoms with E-state index in [0.29, 0.717) is 47.8 Å². The maximum Gasteiger partial charge on any atom is 0.387 e. The number of aliphatic imine (C=N–C) groups is 1. The second-order valence-electron chi connectivity index (χ2n) is 6.20. The number of alkyl halides is 2. The average molecular weight is 416 g/mol. The number of rotatable bonds is 9. The summed E-state index contributed by atoms with van der Waals surface area (Å²) in [6.07, 6.45) is 0.529. The Kier molecular flexibility index (Phi) is 8.43. The topological polar surface area (TPSA) is 84.6 Å². The van der Waals surface area contributed by atoms with Gasteiger partial charge < -0.3 is 19.9 Å². The molecule has 28 heavy (non-hydrogen) atoms. The van der Waals surface area contributed by atoms with Crippen LogP contribution in [-0.4, -0.2) is 35.8 Å². The van der Waals surface area contributed by atoms with Gasteiger partial charge in [0, 0.05) is 36.0 Å². The highest BCUT2D eigenvalue weighted by molar-refractivity contribution is 6.30. The molecule has 0 aliphatic rings. The van der Waals surface area contributed by atoms with Gasteiger partial charge in [0.25, 0.3) is 0 Å². The van der Waals surface area contributed by atoms with Crippen molar-refractivity contribution in [3.63, 3.8) is 0 Å². The third-order valence-corrected chi connectivity index (χ3v) is 3.86. The summed E-state index contributed by atoms with van der Waals surface area (Å²) in [5.74, 6) is 1.98. The van der Waals surface area contributed by atoms with Gasteiger partial charge in [-0.05, 0) is 25.1 Å². The molecule has 2 N–H and O–H groups in total. The summed E-state index contributed by atoms with van der Waals surface area (Å²) in [5.41, 5.74) is 0.462. The first-order chi connectivity index (χ1) is 13.4. The summed E-state index contributed by atoms with van der Waals surface area (Å²) < 4.78 is 34.9. The van der Waals surface area contributed by atoms with E-state index < -0.39 is 6.61 Å². The third-order valence-electron chi connectivity index (χ3n) is 3.62. The molecule has 0 aliphatic carbocycles. The van der Waals surface area contributed by atoms with Crippen molar-refractivity contribution in [2.45, 2.75) is 46.3 Å². The normalized spacial score (nSPS) is 11.9. The van der Waals surface area contributed by atoms with Crippen LogP contribution < -0.4 is 15.4 Å². The molecule has 1 aromatic heterocycles. The first-order valence-electron chi connectivity index (χ1n) is 8.97. The largest absolute Gasteiger partial charge is 0.434 e. The van der Waals surface area contributed by atoms with Crippen molar-refractivity contribution in [2.75, 3.05) is 13.1 Å². The molecule has 0 radical (unpaired) electrons. The molecule has 0 saturated carbocycles. The Balaban J connectivity index is 1.98. The third kappa shape index (κ3) is 6.95. The number of ether oxygens (including phenoxy) is 1. The molecule has 0 saturated heterocycles. The fraction of sp³-hybridized carbons (Fsp3) is 0.500. The minimum Gasteiger partial charge on any atom is -0.434 e. The van der Waals surface area contributed by atoms with Gasteiger partial charge in [0.15, 0.2) is 11.8 Å². The van der Waals surface area contributed by atoms with E-state index in [1.54, 1.807) is 6.07 Å². The van der Waals surface area contributed by atoms with Gasteiger partial charge in [0.1, 0.15) is 5.75 Å². The standard InChI is InChI=1S/C18H24ClF2N5O2/c1-4-22-18(23-8-7-15-25-16(11(2)3)26-28-15)24-10-12-9-13(19)5-6-14(12)27-17(20)21/h5-6,9,11,17H,4,7-8,10H2,1-3H3,(H2,22,23,24). The summed E-state index contributed by atoms with van der Waals surface area (Å²) in [5, 5.41) is 10.6. The smallest absolute Gasteiger partial charge is 0.387 e. The lowest BCUT2D eigenvalue weighted by Gasteiger charge is -2.12. The minimum atomic E-state index is -2.92. The molecule has 1 aromatic carbocycles. The lowest BCUT2D eigenvalue weighted by Crippen LogP contribution is -2.38. The summed E-state index contributed by atoms with van der Waals surface area (Å²) in [4.78, 5) is 8.72. The van der Waals surface area contributed by atoms with Crippen molar-refractivity contribution >= 4 is 17.6 Å². The van der Waals surface area contributed by atoms with Crippen LogP contribution in [0.4, 0.5) is 8.78 Å². The Morgan fingerprint density at radius 3 is 2.75 bits per heavy atom. The molecule has 1 heterocycles. The molecule has 0 bridgehead atoms. The van der Waals surface area contributed by atoms with Gasteiger partial charge in [0.05, 0.1) is 6.54 Å². The lowest BCUT2D eigenvalue weighted by atomic mass is 10.2. The molecule has 10 heteroatoms. The van der Waals surface area contributed by atoms with Gasteiger partial charge in [-0.1, -0.05) is 30.6 Å². The number of halogens is 3. The molecule has 0 atom stereocenters. The summed E-state index contributed by atoms with van der Waals surface area (Å²) in [6, 6.07) is 4.45. The number of aromatic nitrogens is 2. The Labute approximate surface area is 167 Å². The molecular weight excluding hydrogens is 392 g/mol. The Bertz CT molecular complexity index is 783. The highest BCUT2D eigenvalue weighted by Crippen LogP contribution is 2.25. The minimum absolute atomic E-state index is 0.0473. The van der Waals surface area contributed by atoms with Gasteiger partial charge in [-0.25, -0.2) is 4.99 Å². The summed E-state index contributed by atoms with van der Waals surface area (Å²) in [7, 11) is 0. The van der Waals surface area contributed by atoms with Gasteiger partial charge in [0.2, 0.25) is 5.89 Å². The maximum absolute atomic E-state index is 12.6. The quantitative estimate of drug-likeness (QED) is 0.479. The summed E-state index contributed by atoms with van der Waals surface area (Å²) in [6.45, 7) is 4.27. The molecule has 2 aromatic rings. The number of nitrogens with zero attached hydrogens (tertiary/aromatic N) is 3. The van der Waals surface area contributed by atoms with Crippen LogP contribution in [0.1, 0.15) is 44.0 Å². The van der Waals surface area contributed by atoms with E-state index in [1.807, 2.05) is 20.8 Å². The monoisotopic (exact) mass is 415 g/mol. The highest BCUT2D eigenvalue weighted by Gasteiger charge is 2.11. The fourth-order valence-electron chi connectivity index (χ4n) is 2.28. The SMILES string of the molecule is CCNC(=NCc1cc(Cl)ccc1OC(F)F)NCCc1nc(C(C)C)no1. The molecule has 0 aliphatic heterocycles. The van der Waals surface area contributed by atoms with Crippen LogP contribution >= 0.6 is 11.6 Å². The van der Waals surface area contributed by atoms with Crippen LogP contribution in [-0.2, 0) is 13.0 Å². The van der Waals surface area contributed by atoms with Crippen LogP contribution in [0.2, 0.25) is 5.02 Å². The number of hydrogen-bond donors (Lipinski definition) is 2. The molecule has 0 amide bonds. The zero-order valence-corrected chi connectivity index (χ0v) is 16.8. The molecule has 0 fully saturated rings. The van der Waals surface area contributed by atoms with E-state index >= 15 is 0 Å². The predicted octanol–water partition coefficient (Wildman–Crippen LogP) is 3.75. The molecule has 0 spiro atoms. The van der Waals surface area contributed by atoms with Crippen molar-refractivity contribution in [3.8, 4) is 5.75 Å². The first-order valence-corrected chi connectivity index (χ1v) is 9.34. The summed E-state index contributed by atoms with van der Waals surface area (Å²) >= 11 is 5.96. The Morgan fingerprint density at radius 2 is 2.11 bits per heavy atom. The van der Waals surface area contributed by atoms with Crippen LogP contribution in [0, 0.1) is 0 Å². The molecule has 2 rings (SSSR count). The van der Waals surface area contributed by atoms with Crippen molar-refractivity contribution in [2.24, 2.45) is 4.99 Å².